The van der Waals surface area contributed by atoms with Crippen LogP contribution in [0.1, 0.15) is 59.2 Å². The van der Waals surface area contributed by atoms with Crippen LogP contribution in [-0.4, -0.2) is 31.1 Å². The lowest BCUT2D eigenvalue weighted by Gasteiger charge is -2.21. The molecule has 3 rings (SSSR count). The van der Waals surface area contributed by atoms with Crippen molar-refractivity contribution in [2.45, 2.75) is 58.9 Å². The number of ether oxygens (including phenoxy) is 1. The van der Waals surface area contributed by atoms with Crippen LogP contribution in [0, 0.1) is 32.5 Å². The van der Waals surface area contributed by atoms with Gasteiger partial charge in [0.2, 0.25) is 0 Å². The van der Waals surface area contributed by atoms with Crippen LogP contribution in [0.3, 0.4) is 0 Å². The number of amides is 3. The maximum Gasteiger partial charge on any atom is 0.328 e. The predicted octanol–water partition coefficient (Wildman–Crippen LogP) is 5.25. The van der Waals surface area contributed by atoms with Crippen LogP contribution < -0.4 is 16.0 Å². The van der Waals surface area contributed by atoms with Gasteiger partial charge in [-0.05, 0) is 62.4 Å². The molecule has 1 fully saturated rings. The molecule has 1 aliphatic rings. The zero-order valence-electron chi connectivity index (χ0n) is 20.1. The molecule has 3 N–H and O–H groups in total. The number of benzene rings is 2. The van der Waals surface area contributed by atoms with Crippen LogP contribution in [0.4, 0.5) is 20.6 Å². The summed E-state index contributed by atoms with van der Waals surface area (Å²) in [5, 5.41) is 8.06. The Morgan fingerprint density at radius 2 is 1.68 bits per heavy atom. The van der Waals surface area contributed by atoms with Gasteiger partial charge in [-0.25, -0.2) is 14.0 Å². The Morgan fingerprint density at radius 1 is 1.03 bits per heavy atom. The van der Waals surface area contributed by atoms with Crippen LogP contribution in [-0.2, 0) is 9.53 Å². The summed E-state index contributed by atoms with van der Waals surface area (Å²) in [6.07, 6.45) is 4.70. The lowest BCUT2D eigenvalue weighted by atomic mass is 9.98. The number of hydrogen-bond donors (Lipinski definition) is 3. The molecule has 3 amide bonds. The number of nitrogens with one attached hydrogen (secondary N) is 3. The number of methoxy groups -OCH3 is 1. The van der Waals surface area contributed by atoms with E-state index in [0.717, 1.165) is 54.5 Å². The van der Waals surface area contributed by atoms with Crippen LogP contribution >= 0.6 is 0 Å². The van der Waals surface area contributed by atoms with Gasteiger partial charge in [0, 0.05) is 5.69 Å². The smallest absolute Gasteiger partial charge is 0.328 e. The molecule has 0 spiro atoms. The van der Waals surface area contributed by atoms with Crippen molar-refractivity contribution >= 4 is 29.3 Å². The second-order valence-corrected chi connectivity index (χ2v) is 8.98. The molecule has 0 heterocycles. The van der Waals surface area contributed by atoms with Crippen LogP contribution in [0.25, 0.3) is 0 Å². The largest absolute Gasteiger partial charge is 0.467 e. The zero-order chi connectivity index (χ0) is 24.8. The summed E-state index contributed by atoms with van der Waals surface area (Å²) in [5.41, 5.74) is 3.54. The van der Waals surface area contributed by atoms with E-state index in [1.165, 1.54) is 13.2 Å². The van der Waals surface area contributed by atoms with Gasteiger partial charge in [-0.2, -0.15) is 0 Å². The van der Waals surface area contributed by atoms with Gasteiger partial charge in [-0.3, -0.25) is 4.79 Å². The fraction of sp³-hybridized carbons (Fsp3) is 0.423. The molecule has 2 aromatic carbocycles. The van der Waals surface area contributed by atoms with Gasteiger partial charge in [-0.15, -0.1) is 0 Å². The second-order valence-electron chi connectivity index (χ2n) is 8.98. The number of anilines is 2. The van der Waals surface area contributed by atoms with Crippen molar-refractivity contribution in [2.24, 2.45) is 5.92 Å². The standard InChI is InChI=1S/C26H32FN3O4/c1-15-11-16(2)23(17(3)12-15)30-26(33)29-21-14-19(27)9-10-20(21)24(31)28-22(25(32)34-4)13-18-7-5-6-8-18/h9-12,14,18,22H,5-8,13H2,1-4H3,(H,28,31)(H2,29,30,33)/t22-/m0/s1. The molecule has 8 heteroatoms. The third-order valence-corrected chi connectivity index (χ3v) is 6.22. The van der Waals surface area contributed by atoms with Gasteiger partial charge in [0.25, 0.3) is 5.91 Å². The summed E-state index contributed by atoms with van der Waals surface area (Å²) in [5.74, 6) is -1.39. The molecule has 1 saturated carbocycles. The first-order chi connectivity index (χ1) is 16.2. The van der Waals surface area contributed by atoms with E-state index >= 15 is 0 Å². The van der Waals surface area contributed by atoms with E-state index in [-0.39, 0.29) is 11.3 Å². The van der Waals surface area contributed by atoms with Gasteiger partial charge in [0.15, 0.2) is 0 Å². The van der Waals surface area contributed by atoms with Crippen molar-refractivity contribution in [1.82, 2.24) is 5.32 Å². The SMILES string of the molecule is COC(=O)[C@H](CC1CCCC1)NC(=O)c1ccc(F)cc1NC(=O)Nc1c(C)cc(C)cc1C. The first-order valence-electron chi connectivity index (χ1n) is 11.5. The summed E-state index contributed by atoms with van der Waals surface area (Å²) in [6, 6.07) is 5.97. The van der Waals surface area contributed by atoms with Crippen LogP contribution in [0.15, 0.2) is 30.3 Å². The predicted molar refractivity (Wildman–Crippen MR) is 130 cm³/mol. The van der Waals surface area contributed by atoms with Crippen LogP contribution in [0.5, 0.6) is 0 Å². The first kappa shape index (κ1) is 25.2. The maximum atomic E-state index is 14.0. The number of aryl methyl sites for hydroxylation is 3. The van der Waals surface area contributed by atoms with E-state index in [4.69, 9.17) is 4.74 Å². The molecular formula is C26H32FN3O4. The molecule has 34 heavy (non-hydrogen) atoms. The highest BCUT2D eigenvalue weighted by Gasteiger charge is 2.28. The van der Waals surface area contributed by atoms with Crippen LogP contribution in [0.2, 0.25) is 0 Å². The minimum Gasteiger partial charge on any atom is -0.467 e. The molecule has 2 aromatic rings. The Labute approximate surface area is 199 Å². The van der Waals surface area contributed by atoms with E-state index in [1.54, 1.807) is 0 Å². The molecule has 182 valence electrons. The van der Waals surface area contributed by atoms with Crippen molar-refractivity contribution < 1.29 is 23.5 Å². The normalized spacial score (nSPS) is 14.4. The van der Waals surface area contributed by atoms with Gasteiger partial charge in [0.05, 0.1) is 18.4 Å². The van der Waals surface area contributed by atoms with Crippen molar-refractivity contribution in [1.29, 1.82) is 0 Å². The Bertz CT molecular complexity index is 1060. The average molecular weight is 470 g/mol. The van der Waals surface area contributed by atoms with Crippen molar-refractivity contribution in [3.05, 3.63) is 58.4 Å². The Hall–Kier alpha value is -3.42. The third-order valence-electron chi connectivity index (χ3n) is 6.22. The Balaban J connectivity index is 1.77. The summed E-state index contributed by atoms with van der Waals surface area (Å²) in [6.45, 7) is 5.73. The zero-order valence-corrected chi connectivity index (χ0v) is 20.1. The molecule has 0 aliphatic heterocycles. The number of carbonyl (C=O) groups excluding carboxylic acids is 3. The fourth-order valence-electron chi connectivity index (χ4n) is 4.63. The quantitative estimate of drug-likeness (QED) is 0.483. The minimum absolute atomic E-state index is 0.00176. The van der Waals surface area contributed by atoms with Crippen molar-refractivity contribution in [2.75, 3.05) is 17.7 Å². The van der Waals surface area contributed by atoms with Crippen molar-refractivity contribution in [3.63, 3.8) is 0 Å². The highest BCUT2D eigenvalue weighted by atomic mass is 19.1. The molecule has 1 aliphatic carbocycles. The summed E-state index contributed by atoms with van der Waals surface area (Å²) >= 11 is 0. The Morgan fingerprint density at radius 3 is 2.29 bits per heavy atom. The van der Waals surface area contributed by atoms with E-state index < -0.39 is 29.8 Å². The molecule has 0 aromatic heterocycles. The number of carbonyl (C=O) groups is 3. The van der Waals surface area contributed by atoms with Gasteiger partial charge >= 0.3 is 12.0 Å². The number of urea groups is 1. The number of halogens is 1. The molecule has 0 unspecified atom stereocenters. The molecule has 1 atom stereocenters. The molecular weight excluding hydrogens is 437 g/mol. The molecule has 0 saturated heterocycles. The fourth-order valence-corrected chi connectivity index (χ4v) is 4.63. The minimum atomic E-state index is -0.815. The highest BCUT2D eigenvalue weighted by Crippen LogP contribution is 2.29. The summed E-state index contributed by atoms with van der Waals surface area (Å²) in [4.78, 5) is 38.1. The number of rotatable bonds is 7. The maximum absolute atomic E-state index is 14.0. The van der Waals surface area contributed by atoms with Crippen molar-refractivity contribution in [3.8, 4) is 0 Å². The lowest BCUT2D eigenvalue weighted by Crippen LogP contribution is -2.43. The molecule has 0 radical (unpaired) electrons. The topological polar surface area (TPSA) is 96.5 Å². The number of esters is 1. The number of hydrogen-bond acceptors (Lipinski definition) is 4. The van der Waals surface area contributed by atoms with Gasteiger partial charge in [-0.1, -0.05) is 43.4 Å². The molecule has 0 bridgehead atoms. The lowest BCUT2D eigenvalue weighted by molar-refractivity contribution is -0.143. The Kier molecular flexibility index (Phi) is 8.26. The average Bonchev–Trinajstić information content (AvgIpc) is 3.28. The summed E-state index contributed by atoms with van der Waals surface area (Å²) in [7, 11) is 1.28. The van der Waals surface area contributed by atoms with E-state index in [2.05, 4.69) is 16.0 Å². The highest BCUT2D eigenvalue weighted by molar-refractivity contribution is 6.07. The monoisotopic (exact) mass is 469 g/mol. The van der Waals surface area contributed by atoms with Gasteiger partial charge in [0.1, 0.15) is 11.9 Å². The second kappa shape index (κ2) is 11.1. The third kappa shape index (κ3) is 6.34. The van der Waals surface area contributed by atoms with E-state index in [0.29, 0.717) is 18.0 Å². The van der Waals surface area contributed by atoms with E-state index in [1.807, 2.05) is 32.9 Å². The summed E-state index contributed by atoms with van der Waals surface area (Å²) < 4.78 is 18.9. The molecule has 7 nitrogen and oxygen atoms in total. The van der Waals surface area contributed by atoms with E-state index in [9.17, 15) is 18.8 Å². The first-order valence-corrected chi connectivity index (χ1v) is 11.5. The van der Waals surface area contributed by atoms with Gasteiger partial charge < -0.3 is 20.7 Å².